The van der Waals surface area contributed by atoms with E-state index in [-0.39, 0.29) is 0 Å². The first-order valence-corrected chi connectivity index (χ1v) is 9.32. The summed E-state index contributed by atoms with van der Waals surface area (Å²) in [6.45, 7) is 8.61. The molecule has 1 aliphatic rings. The molecule has 0 spiro atoms. The van der Waals surface area contributed by atoms with Crippen LogP contribution in [0.5, 0.6) is 0 Å². The Labute approximate surface area is 152 Å². The Morgan fingerprint density at radius 1 is 0.920 bits per heavy atom. The van der Waals surface area contributed by atoms with Gasteiger partial charge in [0.2, 0.25) is 0 Å². The van der Waals surface area contributed by atoms with Crippen molar-refractivity contribution in [2.45, 2.75) is 19.9 Å². The molecule has 0 amide bonds. The standard InChI is InChI=1S/C21H32N2O2/c1-19-7-5-6-10-21(19)18-23-12-14-25-16-15-24-13-11-22-17-20-8-3-2-4-9-20/h2-6,8-10,19,22-23H,7,11-18H2,1H3. The monoisotopic (exact) mass is 344 g/mol. The van der Waals surface area contributed by atoms with Crippen LogP contribution in [-0.4, -0.2) is 46.1 Å². The van der Waals surface area contributed by atoms with E-state index in [1.165, 1.54) is 11.1 Å². The van der Waals surface area contributed by atoms with Gasteiger partial charge in [0, 0.05) is 26.2 Å². The lowest BCUT2D eigenvalue weighted by Gasteiger charge is -2.17. The topological polar surface area (TPSA) is 42.5 Å². The summed E-state index contributed by atoms with van der Waals surface area (Å²) >= 11 is 0. The Bertz CT molecular complexity index is 514. The molecule has 0 saturated carbocycles. The molecular weight excluding hydrogens is 312 g/mol. The van der Waals surface area contributed by atoms with Gasteiger partial charge in [-0.15, -0.1) is 0 Å². The van der Waals surface area contributed by atoms with Crippen molar-refractivity contribution in [3.63, 3.8) is 0 Å². The average Bonchev–Trinajstić information content (AvgIpc) is 2.65. The molecule has 1 unspecified atom stereocenters. The van der Waals surface area contributed by atoms with Crippen molar-refractivity contribution in [2.24, 2.45) is 5.92 Å². The second-order valence-corrected chi connectivity index (χ2v) is 6.37. The van der Waals surface area contributed by atoms with Crippen LogP contribution in [0.25, 0.3) is 0 Å². The number of nitrogens with one attached hydrogen (secondary N) is 2. The number of hydrogen-bond donors (Lipinski definition) is 2. The highest BCUT2D eigenvalue weighted by Crippen LogP contribution is 2.18. The Balaban J connectivity index is 1.33. The maximum Gasteiger partial charge on any atom is 0.0701 e. The van der Waals surface area contributed by atoms with Crippen molar-refractivity contribution in [1.82, 2.24) is 10.6 Å². The second kappa shape index (κ2) is 12.8. The zero-order valence-corrected chi connectivity index (χ0v) is 15.4. The van der Waals surface area contributed by atoms with Crippen LogP contribution in [0.3, 0.4) is 0 Å². The fourth-order valence-electron chi connectivity index (χ4n) is 2.70. The quantitative estimate of drug-likeness (QED) is 0.540. The molecule has 25 heavy (non-hydrogen) atoms. The Hall–Kier alpha value is -1.46. The van der Waals surface area contributed by atoms with Crippen LogP contribution in [0.4, 0.5) is 0 Å². The molecular formula is C21H32N2O2. The molecule has 1 aliphatic carbocycles. The van der Waals surface area contributed by atoms with E-state index in [0.717, 1.165) is 39.2 Å². The van der Waals surface area contributed by atoms with Crippen molar-refractivity contribution in [3.05, 3.63) is 59.7 Å². The Morgan fingerprint density at radius 3 is 2.28 bits per heavy atom. The van der Waals surface area contributed by atoms with E-state index in [4.69, 9.17) is 9.47 Å². The van der Waals surface area contributed by atoms with Gasteiger partial charge in [0.1, 0.15) is 0 Å². The third kappa shape index (κ3) is 8.98. The summed E-state index contributed by atoms with van der Waals surface area (Å²) in [4.78, 5) is 0. The SMILES string of the molecule is CC1CC=CC=C1CNCCOCCOCCNCc1ccccc1. The molecule has 1 atom stereocenters. The summed E-state index contributed by atoms with van der Waals surface area (Å²) in [7, 11) is 0. The van der Waals surface area contributed by atoms with E-state index in [9.17, 15) is 0 Å². The zero-order valence-electron chi connectivity index (χ0n) is 15.4. The zero-order chi connectivity index (χ0) is 17.6. The van der Waals surface area contributed by atoms with E-state index >= 15 is 0 Å². The van der Waals surface area contributed by atoms with Gasteiger partial charge in [0.15, 0.2) is 0 Å². The molecule has 1 aromatic carbocycles. The van der Waals surface area contributed by atoms with Crippen molar-refractivity contribution in [3.8, 4) is 0 Å². The van der Waals surface area contributed by atoms with E-state index in [0.29, 0.717) is 25.7 Å². The molecule has 0 fully saturated rings. The molecule has 4 heteroatoms. The van der Waals surface area contributed by atoms with Crippen molar-refractivity contribution in [2.75, 3.05) is 46.1 Å². The van der Waals surface area contributed by atoms with E-state index in [1.54, 1.807) is 0 Å². The van der Waals surface area contributed by atoms with Gasteiger partial charge in [0.05, 0.1) is 26.4 Å². The van der Waals surface area contributed by atoms with Gasteiger partial charge in [-0.2, -0.15) is 0 Å². The number of ether oxygens (including phenoxy) is 2. The summed E-state index contributed by atoms with van der Waals surface area (Å²) in [5, 5.41) is 6.81. The van der Waals surface area contributed by atoms with Crippen LogP contribution in [-0.2, 0) is 16.0 Å². The first kappa shape index (κ1) is 19.9. The summed E-state index contributed by atoms with van der Waals surface area (Å²) in [6, 6.07) is 10.4. The van der Waals surface area contributed by atoms with Crippen molar-refractivity contribution < 1.29 is 9.47 Å². The average molecular weight is 344 g/mol. The third-order valence-electron chi connectivity index (χ3n) is 4.29. The number of benzene rings is 1. The molecule has 2 N–H and O–H groups in total. The maximum atomic E-state index is 5.58. The fourth-order valence-corrected chi connectivity index (χ4v) is 2.70. The molecule has 0 heterocycles. The first-order valence-electron chi connectivity index (χ1n) is 9.32. The highest BCUT2D eigenvalue weighted by atomic mass is 16.5. The molecule has 0 saturated heterocycles. The molecule has 0 bridgehead atoms. The van der Waals surface area contributed by atoms with E-state index < -0.39 is 0 Å². The van der Waals surface area contributed by atoms with Gasteiger partial charge >= 0.3 is 0 Å². The number of hydrogen-bond acceptors (Lipinski definition) is 4. The van der Waals surface area contributed by atoms with Crippen LogP contribution in [0.15, 0.2) is 54.1 Å². The molecule has 1 aromatic rings. The molecule has 2 rings (SSSR count). The minimum absolute atomic E-state index is 0.653. The van der Waals surface area contributed by atoms with Crippen LogP contribution < -0.4 is 10.6 Å². The van der Waals surface area contributed by atoms with Gasteiger partial charge < -0.3 is 20.1 Å². The minimum atomic E-state index is 0.653. The largest absolute Gasteiger partial charge is 0.378 e. The second-order valence-electron chi connectivity index (χ2n) is 6.37. The van der Waals surface area contributed by atoms with Gasteiger partial charge in [-0.05, 0) is 17.9 Å². The predicted molar refractivity (Wildman–Crippen MR) is 104 cm³/mol. The predicted octanol–water partition coefficient (Wildman–Crippen LogP) is 2.92. The van der Waals surface area contributed by atoms with Crippen molar-refractivity contribution >= 4 is 0 Å². The van der Waals surface area contributed by atoms with Crippen LogP contribution in [0, 0.1) is 5.92 Å². The van der Waals surface area contributed by atoms with Crippen molar-refractivity contribution in [1.29, 1.82) is 0 Å². The number of rotatable bonds is 13. The number of allylic oxidation sites excluding steroid dienone is 3. The molecule has 0 aliphatic heterocycles. The van der Waals surface area contributed by atoms with Crippen LogP contribution in [0.2, 0.25) is 0 Å². The van der Waals surface area contributed by atoms with E-state index in [2.05, 4.69) is 60.1 Å². The fraction of sp³-hybridized carbons (Fsp3) is 0.524. The Morgan fingerprint density at radius 2 is 1.60 bits per heavy atom. The highest BCUT2D eigenvalue weighted by molar-refractivity contribution is 5.21. The summed E-state index contributed by atoms with van der Waals surface area (Å²) < 4.78 is 11.1. The summed E-state index contributed by atoms with van der Waals surface area (Å²) in [5.41, 5.74) is 2.78. The smallest absolute Gasteiger partial charge is 0.0701 e. The highest BCUT2D eigenvalue weighted by Gasteiger charge is 2.08. The molecule has 4 nitrogen and oxygen atoms in total. The molecule has 0 radical (unpaired) electrons. The van der Waals surface area contributed by atoms with E-state index in [1.807, 2.05) is 6.07 Å². The Kier molecular flexibility index (Phi) is 10.2. The first-order chi connectivity index (χ1) is 12.4. The lowest BCUT2D eigenvalue weighted by atomic mass is 9.93. The van der Waals surface area contributed by atoms with Gasteiger partial charge in [-0.25, -0.2) is 0 Å². The lowest BCUT2D eigenvalue weighted by Crippen LogP contribution is -2.25. The van der Waals surface area contributed by atoms with Gasteiger partial charge in [-0.1, -0.05) is 61.1 Å². The lowest BCUT2D eigenvalue weighted by molar-refractivity contribution is 0.0500. The summed E-state index contributed by atoms with van der Waals surface area (Å²) in [5.74, 6) is 0.655. The van der Waals surface area contributed by atoms with Gasteiger partial charge in [0.25, 0.3) is 0 Å². The van der Waals surface area contributed by atoms with Gasteiger partial charge in [-0.3, -0.25) is 0 Å². The minimum Gasteiger partial charge on any atom is -0.378 e. The summed E-state index contributed by atoms with van der Waals surface area (Å²) in [6.07, 6.45) is 7.76. The normalized spacial score (nSPS) is 16.8. The van der Waals surface area contributed by atoms with Crippen LogP contribution in [0.1, 0.15) is 18.9 Å². The maximum absolute atomic E-state index is 5.58. The van der Waals surface area contributed by atoms with Crippen LogP contribution >= 0.6 is 0 Å². The third-order valence-corrected chi connectivity index (χ3v) is 4.29. The molecule has 138 valence electrons. The molecule has 0 aromatic heterocycles.